The van der Waals surface area contributed by atoms with E-state index in [4.69, 9.17) is 0 Å². The maximum atomic E-state index is 9.24. The minimum Gasteiger partial charge on any atom is -0.508 e. The molecule has 0 unspecified atom stereocenters. The normalized spacial score (nSPS) is 11.4. The van der Waals surface area contributed by atoms with Crippen LogP contribution in [0.25, 0.3) is 11.0 Å². The zero-order valence-electron chi connectivity index (χ0n) is 8.31. The second-order valence-electron chi connectivity index (χ2n) is 3.84. The number of phenolic OH excluding ortho intramolecular Hbond substituents is 1. The van der Waals surface area contributed by atoms with Gasteiger partial charge in [0.2, 0.25) is 0 Å². The standard InChI is InChI=1S/C10H13N3O/c1-7(2)6-13-10-4-3-8(14)5-9(10)11-12-13/h3-5,7,14H,6H2,1-2H3. The Hall–Kier alpha value is -1.58. The SMILES string of the molecule is CC(C)Cn1nnc2cc(O)ccc21. The van der Waals surface area contributed by atoms with Crippen LogP contribution in [0.2, 0.25) is 0 Å². The van der Waals surface area contributed by atoms with Gasteiger partial charge in [-0.2, -0.15) is 0 Å². The third kappa shape index (κ3) is 1.55. The van der Waals surface area contributed by atoms with Crippen LogP contribution in [0.5, 0.6) is 5.75 Å². The molecule has 74 valence electrons. The second kappa shape index (κ2) is 3.29. The van der Waals surface area contributed by atoms with Gasteiger partial charge in [-0.05, 0) is 18.1 Å². The Kier molecular flexibility index (Phi) is 2.11. The third-order valence-corrected chi connectivity index (χ3v) is 2.04. The average molecular weight is 191 g/mol. The highest BCUT2D eigenvalue weighted by Crippen LogP contribution is 2.17. The van der Waals surface area contributed by atoms with Crippen LogP contribution in [0.1, 0.15) is 13.8 Å². The molecule has 0 bridgehead atoms. The molecule has 14 heavy (non-hydrogen) atoms. The molecule has 1 aromatic heterocycles. The van der Waals surface area contributed by atoms with Gasteiger partial charge < -0.3 is 5.11 Å². The lowest BCUT2D eigenvalue weighted by Crippen LogP contribution is -2.05. The van der Waals surface area contributed by atoms with Gasteiger partial charge in [-0.25, -0.2) is 4.68 Å². The second-order valence-corrected chi connectivity index (χ2v) is 3.84. The van der Waals surface area contributed by atoms with Crippen LogP contribution < -0.4 is 0 Å². The number of hydrogen-bond donors (Lipinski definition) is 1. The Balaban J connectivity index is 2.47. The first-order valence-corrected chi connectivity index (χ1v) is 4.69. The fraction of sp³-hybridized carbons (Fsp3) is 0.400. The van der Waals surface area contributed by atoms with E-state index in [1.165, 1.54) is 0 Å². The molecule has 0 saturated heterocycles. The molecule has 0 fully saturated rings. The Bertz CT molecular complexity index is 448. The summed E-state index contributed by atoms with van der Waals surface area (Å²) in [5, 5.41) is 17.3. The van der Waals surface area contributed by atoms with Crippen LogP contribution in [0.15, 0.2) is 18.2 Å². The van der Waals surface area contributed by atoms with Crippen molar-refractivity contribution in [1.82, 2.24) is 15.0 Å². The number of aromatic nitrogens is 3. The van der Waals surface area contributed by atoms with E-state index in [2.05, 4.69) is 24.2 Å². The lowest BCUT2D eigenvalue weighted by Gasteiger charge is -2.04. The van der Waals surface area contributed by atoms with Crippen LogP contribution in [0, 0.1) is 5.92 Å². The maximum absolute atomic E-state index is 9.24. The highest BCUT2D eigenvalue weighted by Gasteiger charge is 2.05. The molecular formula is C10H13N3O. The molecule has 1 aromatic carbocycles. The quantitative estimate of drug-likeness (QED) is 0.787. The molecule has 0 aliphatic heterocycles. The number of aromatic hydroxyl groups is 1. The Morgan fingerprint density at radius 3 is 2.93 bits per heavy atom. The molecule has 4 heteroatoms. The molecular weight excluding hydrogens is 178 g/mol. The summed E-state index contributed by atoms with van der Waals surface area (Å²) in [5.74, 6) is 0.766. The van der Waals surface area contributed by atoms with Gasteiger partial charge >= 0.3 is 0 Å². The molecule has 0 saturated carbocycles. The van der Waals surface area contributed by atoms with Crippen molar-refractivity contribution in [2.75, 3.05) is 0 Å². The third-order valence-electron chi connectivity index (χ3n) is 2.04. The zero-order valence-corrected chi connectivity index (χ0v) is 8.31. The summed E-state index contributed by atoms with van der Waals surface area (Å²) in [6.07, 6.45) is 0. The van der Waals surface area contributed by atoms with E-state index >= 15 is 0 Å². The minimum atomic E-state index is 0.231. The maximum Gasteiger partial charge on any atom is 0.117 e. The van der Waals surface area contributed by atoms with E-state index < -0.39 is 0 Å². The number of phenols is 1. The van der Waals surface area contributed by atoms with Crippen molar-refractivity contribution in [2.24, 2.45) is 5.92 Å². The summed E-state index contributed by atoms with van der Waals surface area (Å²) in [5.41, 5.74) is 1.71. The number of rotatable bonds is 2. The van der Waals surface area contributed by atoms with Gasteiger partial charge in [0, 0.05) is 12.6 Å². The predicted octanol–water partition coefficient (Wildman–Crippen LogP) is 1.79. The fourth-order valence-corrected chi connectivity index (χ4v) is 1.44. The molecule has 0 spiro atoms. The van der Waals surface area contributed by atoms with Gasteiger partial charge in [-0.3, -0.25) is 0 Å². The van der Waals surface area contributed by atoms with Crippen molar-refractivity contribution < 1.29 is 5.11 Å². The summed E-state index contributed by atoms with van der Waals surface area (Å²) in [6.45, 7) is 5.11. The minimum absolute atomic E-state index is 0.231. The van der Waals surface area contributed by atoms with Gasteiger partial charge in [0.15, 0.2) is 0 Å². The van der Waals surface area contributed by atoms with Gasteiger partial charge in [-0.1, -0.05) is 19.1 Å². The molecule has 0 amide bonds. The van der Waals surface area contributed by atoms with E-state index in [1.54, 1.807) is 12.1 Å². The highest BCUT2D eigenvalue weighted by molar-refractivity contribution is 5.75. The van der Waals surface area contributed by atoms with Crippen LogP contribution in [0.4, 0.5) is 0 Å². The van der Waals surface area contributed by atoms with Crippen molar-refractivity contribution in [1.29, 1.82) is 0 Å². The highest BCUT2D eigenvalue weighted by atomic mass is 16.3. The van der Waals surface area contributed by atoms with Gasteiger partial charge in [0.1, 0.15) is 11.3 Å². The number of nitrogens with zero attached hydrogens (tertiary/aromatic N) is 3. The van der Waals surface area contributed by atoms with Crippen LogP contribution in [-0.4, -0.2) is 20.1 Å². The first kappa shape index (κ1) is 8.99. The van der Waals surface area contributed by atoms with E-state index in [1.807, 2.05) is 10.7 Å². The van der Waals surface area contributed by atoms with E-state index in [-0.39, 0.29) is 5.75 Å². The van der Waals surface area contributed by atoms with E-state index in [0.29, 0.717) is 5.92 Å². The summed E-state index contributed by atoms with van der Waals surface area (Å²) in [6, 6.07) is 5.12. The molecule has 1 heterocycles. The fourth-order valence-electron chi connectivity index (χ4n) is 1.44. The summed E-state index contributed by atoms with van der Waals surface area (Å²) in [4.78, 5) is 0. The molecule has 4 nitrogen and oxygen atoms in total. The number of benzene rings is 1. The van der Waals surface area contributed by atoms with Gasteiger partial charge in [0.25, 0.3) is 0 Å². The van der Waals surface area contributed by atoms with Gasteiger partial charge in [0.05, 0.1) is 5.52 Å². The smallest absolute Gasteiger partial charge is 0.117 e. The molecule has 0 aliphatic carbocycles. The number of hydrogen-bond acceptors (Lipinski definition) is 3. The van der Waals surface area contributed by atoms with Crippen molar-refractivity contribution in [3.63, 3.8) is 0 Å². The van der Waals surface area contributed by atoms with Crippen molar-refractivity contribution in [3.8, 4) is 5.75 Å². The summed E-state index contributed by atoms with van der Waals surface area (Å²) < 4.78 is 1.86. The van der Waals surface area contributed by atoms with Crippen LogP contribution >= 0.6 is 0 Å². The average Bonchev–Trinajstić information content (AvgIpc) is 2.47. The molecule has 2 aromatic rings. The molecule has 1 N–H and O–H groups in total. The summed E-state index contributed by atoms with van der Waals surface area (Å²) in [7, 11) is 0. The van der Waals surface area contributed by atoms with Crippen molar-refractivity contribution in [3.05, 3.63) is 18.2 Å². The van der Waals surface area contributed by atoms with E-state index in [0.717, 1.165) is 17.6 Å². The predicted molar refractivity (Wildman–Crippen MR) is 54.0 cm³/mol. The zero-order chi connectivity index (χ0) is 10.1. The van der Waals surface area contributed by atoms with Crippen molar-refractivity contribution >= 4 is 11.0 Å². The lowest BCUT2D eigenvalue weighted by molar-refractivity contribution is 0.475. The first-order valence-electron chi connectivity index (χ1n) is 4.69. The topological polar surface area (TPSA) is 50.9 Å². The van der Waals surface area contributed by atoms with Crippen LogP contribution in [-0.2, 0) is 6.54 Å². The summed E-state index contributed by atoms with van der Waals surface area (Å²) >= 11 is 0. The molecule has 0 atom stereocenters. The number of fused-ring (bicyclic) bond motifs is 1. The molecule has 0 radical (unpaired) electrons. The van der Waals surface area contributed by atoms with Gasteiger partial charge in [-0.15, -0.1) is 5.10 Å². The molecule has 2 rings (SSSR count). The van der Waals surface area contributed by atoms with Crippen LogP contribution in [0.3, 0.4) is 0 Å². The Morgan fingerprint density at radius 1 is 1.43 bits per heavy atom. The largest absolute Gasteiger partial charge is 0.508 e. The monoisotopic (exact) mass is 191 g/mol. The first-order chi connectivity index (χ1) is 6.66. The Labute approximate surface area is 82.2 Å². The molecule has 0 aliphatic rings. The lowest BCUT2D eigenvalue weighted by atomic mass is 10.2. The Morgan fingerprint density at radius 2 is 2.21 bits per heavy atom. The van der Waals surface area contributed by atoms with E-state index in [9.17, 15) is 5.11 Å². The van der Waals surface area contributed by atoms with Crippen molar-refractivity contribution in [2.45, 2.75) is 20.4 Å².